The quantitative estimate of drug-likeness (QED) is 0.234. The lowest BCUT2D eigenvalue weighted by atomic mass is 9.83. The molecule has 2 unspecified atom stereocenters. The van der Waals surface area contributed by atoms with E-state index in [0.29, 0.717) is 80.1 Å². The normalized spacial score (nSPS) is 26.4. The van der Waals surface area contributed by atoms with Crippen LogP contribution in [0.15, 0.2) is 53.3 Å². The minimum atomic E-state index is -0.876. The number of rotatable bonds is 10. The Morgan fingerprint density at radius 3 is 2.85 bits per heavy atom. The molecular weight excluding hydrogens is 498 g/mol. The van der Waals surface area contributed by atoms with Crippen molar-refractivity contribution in [3.05, 3.63) is 64.5 Å². The Kier molecular flexibility index (Phi) is 8.68. The highest BCUT2D eigenvalue weighted by atomic mass is 16.5. The average molecular weight is 534 g/mol. The zero-order valence-electron chi connectivity index (χ0n) is 22.2. The number of carbonyl (C=O) groups excluding carboxylic acids is 2. The maximum absolute atomic E-state index is 13.4. The van der Waals surface area contributed by atoms with Crippen molar-refractivity contribution >= 4 is 23.9 Å². The Labute approximate surface area is 228 Å². The lowest BCUT2D eigenvalue weighted by Crippen LogP contribution is -2.40. The molecule has 1 amide bonds. The Morgan fingerprint density at radius 1 is 1.36 bits per heavy atom. The summed E-state index contributed by atoms with van der Waals surface area (Å²) >= 11 is 0. The van der Waals surface area contributed by atoms with Crippen LogP contribution in [0, 0.1) is 28.6 Å². The molecule has 0 radical (unpaired) electrons. The van der Waals surface area contributed by atoms with Crippen molar-refractivity contribution < 1.29 is 29.0 Å². The summed E-state index contributed by atoms with van der Waals surface area (Å²) in [7, 11) is 0. The van der Waals surface area contributed by atoms with E-state index in [9.17, 15) is 19.6 Å². The topological polar surface area (TPSA) is 152 Å². The molecule has 0 aromatic heterocycles. The van der Waals surface area contributed by atoms with Gasteiger partial charge in [0.05, 0.1) is 24.8 Å². The second kappa shape index (κ2) is 12.0. The molecule has 4 N–H and O–H groups in total. The minimum absolute atomic E-state index is 0.0236. The Bertz CT molecular complexity index is 1280. The molecule has 4 atom stereocenters. The van der Waals surface area contributed by atoms with E-state index >= 15 is 0 Å². The number of aliphatic carboxylic acids is 1. The molecule has 2 aliphatic heterocycles. The van der Waals surface area contributed by atoms with Crippen LogP contribution in [0.25, 0.3) is 0 Å². The number of allylic oxidation sites excluding steroid dienone is 3. The van der Waals surface area contributed by atoms with Gasteiger partial charge >= 0.3 is 5.97 Å². The van der Waals surface area contributed by atoms with Crippen molar-refractivity contribution in [3.8, 4) is 6.07 Å². The van der Waals surface area contributed by atoms with Crippen LogP contribution >= 0.6 is 0 Å². The molecule has 1 spiro atoms. The van der Waals surface area contributed by atoms with Gasteiger partial charge in [-0.3, -0.25) is 14.4 Å². The lowest BCUT2D eigenvalue weighted by molar-refractivity contribution is -0.137. The predicted octanol–water partition coefficient (Wildman–Crippen LogP) is 3.65. The molecule has 39 heavy (non-hydrogen) atoms. The summed E-state index contributed by atoms with van der Waals surface area (Å²) in [5, 5.41) is 21.3. The Morgan fingerprint density at radius 2 is 2.15 bits per heavy atom. The van der Waals surface area contributed by atoms with Gasteiger partial charge in [-0.15, -0.1) is 0 Å². The molecule has 3 aliphatic rings. The number of hydrogen-bond acceptors (Lipinski definition) is 7. The molecule has 1 saturated carbocycles. The highest BCUT2D eigenvalue weighted by Gasteiger charge is 2.60. The van der Waals surface area contributed by atoms with Crippen LogP contribution in [0.3, 0.4) is 0 Å². The van der Waals surface area contributed by atoms with Gasteiger partial charge in [0.1, 0.15) is 12.0 Å². The first kappa shape index (κ1) is 28.3. The van der Waals surface area contributed by atoms with Gasteiger partial charge in [-0.2, -0.15) is 5.26 Å². The van der Waals surface area contributed by atoms with Gasteiger partial charge in [0.25, 0.3) is 0 Å². The smallest absolute Gasteiger partial charge is 0.303 e. The van der Waals surface area contributed by atoms with Gasteiger partial charge in [0, 0.05) is 47.6 Å². The average Bonchev–Trinajstić information content (AvgIpc) is 3.65. The SMILES string of the molecule is C=C(C=O)/C(=C\C1=C(C)[C@]2(CCO1)C[C@H]2C(=O)Nc1cc(C#N)ccc1CCCC(=O)O)C1COCCC1N. The van der Waals surface area contributed by atoms with Crippen LogP contribution < -0.4 is 11.1 Å². The van der Waals surface area contributed by atoms with Crippen molar-refractivity contribution in [1.82, 2.24) is 0 Å². The van der Waals surface area contributed by atoms with E-state index in [1.165, 1.54) is 0 Å². The highest BCUT2D eigenvalue weighted by molar-refractivity contribution is 5.96. The van der Waals surface area contributed by atoms with E-state index in [1.807, 2.05) is 13.0 Å². The van der Waals surface area contributed by atoms with Crippen molar-refractivity contribution in [2.75, 3.05) is 25.1 Å². The summed E-state index contributed by atoms with van der Waals surface area (Å²) in [5.41, 5.74) is 9.73. The number of anilines is 1. The third-order valence-corrected chi connectivity index (χ3v) is 8.26. The number of nitrogens with two attached hydrogens (primary N) is 1. The number of amides is 1. The minimum Gasteiger partial charge on any atom is -0.494 e. The van der Waals surface area contributed by atoms with Gasteiger partial charge in [-0.25, -0.2) is 0 Å². The van der Waals surface area contributed by atoms with Gasteiger partial charge in [0.2, 0.25) is 5.91 Å². The summed E-state index contributed by atoms with van der Waals surface area (Å²) in [4.78, 5) is 36.0. The third-order valence-electron chi connectivity index (χ3n) is 8.26. The van der Waals surface area contributed by atoms with Crippen molar-refractivity contribution in [2.45, 2.75) is 51.5 Å². The molecule has 2 fully saturated rings. The second-order valence-electron chi connectivity index (χ2n) is 10.6. The summed E-state index contributed by atoms with van der Waals surface area (Å²) in [6.07, 6.45) is 5.52. The Hall–Kier alpha value is -3.74. The van der Waals surface area contributed by atoms with Gasteiger partial charge in [0.15, 0.2) is 0 Å². The number of nitriles is 1. The number of aldehydes is 1. The summed E-state index contributed by atoms with van der Waals surface area (Å²) in [6, 6.07) is 7.01. The number of ether oxygens (including phenoxy) is 2. The fourth-order valence-electron chi connectivity index (χ4n) is 5.73. The maximum Gasteiger partial charge on any atom is 0.303 e. The molecule has 9 nitrogen and oxygen atoms in total. The fraction of sp³-hybridized carbons (Fsp3) is 0.467. The van der Waals surface area contributed by atoms with Crippen LogP contribution in [0.2, 0.25) is 0 Å². The number of carbonyl (C=O) groups is 3. The largest absolute Gasteiger partial charge is 0.494 e. The summed E-state index contributed by atoms with van der Waals surface area (Å²) in [5.74, 6) is -0.843. The second-order valence-corrected chi connectivity index (χ2v) is 10.6. The molecule has 1 aromatic carbocycles. The van der Waals surface area contributed by atoms with Gasteiger partial charge in [-0.05, 0) is 73.9 Å². The van der Waals surface area contributed by atoms with Crippen molar-refractivity contribution in [2.24, 2.45) is 23.0 Å². The van der Waals surface area contributed by atoms with E-state index < -0.39 is 5.97 Å². The zero-order valence-corrected chi connectivity index (χ0v) is 22.2. The van der Waals surface area contributed by atoms with Gasteiger partial charge in [-0.1, -0.05) is 12.6 Å². The molecule has 1 aromatic rings. The number of carboxylic acid groups (broad SMARTS) is 1. The van der Waals surface area contributed by atoms with Crippen molar-refractivity contribution in [1.29, 1.82) is 5.26 Å². The Balaban J connectivity index is 1.56. The number of carboxylic acids is 1. The number of benzene rings is 1. The number of nitrogens with one attached hydrogen (secondary N) is 1. The van der Waals surface area contributed by atoms with E-state index in [-0.39, 0.29) is 35.6 Å². The lowest BCUT2D eigenvalue weighted by Gasteiger charge is -2.32. The van der Waals surface area contributed by atoms with E-state index in [0.717, 1.165) is 17.4 Å². The van der Waals surface area contributed by atoms with Gasteiger partial charge < -0.3 is 25.6 Å². The predicted molar refractivity (Wildman–Crippen MR) is 144 cm³/mol. The maximum atomic E-state index is 13.4. The van der Waals surface area contributed by atoms with E-state index in [4.69, 9.17) is 20.3 Å². The molecule has 9 heteroatoms. The van der Waals surface area contributed by atoms with Crippen LogP contribution in [-0.2, 0) is 30.3 Å². The van der Waals surface area contributed by atoms with Crippen LogP contribution in [0.4, 0.5) is 5.69 Å². The molecule has 1 aliphatic carbocycles. The third kappa shape index (κ3) is 6.13. The molecule has 4 rings (SSSR count). The number of aryl methyl sites for hydroxylation is 1. The fourth-order valence-corrected chi connectivity index (χ4v) is 5.73. The monoisotopic (exact) mass is 533 g/mol. The van der Waals surface area contributed by atoms with E-state index in [1.54, 1.807) is 18.2 Å². The standard InChI is InChI=1S/C30H35N3O6/c1-18(16-34)22(23-17-38-10-8-25(23)32)13-27-19(2)30(9-11-39-27)14-24(30)29(37)33-26-12-20(15-31)6-7-21(26)4-3-5-28(35)36/h6-7,12-13,16,23-25H,1,3-5,8-11,14,17,32H2,2H3,(H,33,37)(H,35,36)/b22-13+/t23?,24-,25?,30-/m0/s1. The van der Waals surface area contributed by atoms with E-state index in [2.05, 4.69) is 18.0 Å². The van der Waals surface area contributed by atoms with Crippen LogP contribution in [0.5, 0.6) is 0 Å². The summed E-state index contributed by atoms with van der Waals surface area (Å²) in [6.45, 7) is 7.30. The number of hydrogen-bond donors (Lipinski definition) is 3. The zero-order chi connectivity index (χ0) is 28.2. The highest BCUT2D eigenvalue weighted by Crippen LogP contribution is 2.63. The summed E-state index contributed by atoms with van der Waals surface area (Å²) < 4.78 is 11.7. The van der Waals surface area contributed by atoms with Crippen LogP contribution in [0.1, 0.15) is 50.2 Å². The first-order chi connectivity index (χ1) is 18.7. The molecule has 0 bridgehead atoms. The molecular formula is C30H35N3O6. The molecule has 1 saturated heterocycles. The van der Waals surface area contributed by atoms with Crippen molar-refractivity contribution in [3.63, 3.8) is 0 Å². The number of nitrogens with zero attached hydrogens (tertiary/aromatic N) is 1. The molecule has 206 valence electrons. The molecule has 2 heterocycles. The first-order valence-corrected chi connectivity index (χ1v) is 13.3. The first-order valence-electron chi connectivity index (χ1n) is 13.3. The van der Waals surface area contributed by atoms with Crippen LogP contribution in [-0.4, -0.2) is 49.1 Å².